The smallest absolute Gasteiger partial charge is 0.405 e. The zero-order valence-corrected chi connectivity index (χ0v) is 17.8. The maximum atomic E-state index is 12.4. The molecule has 10 heteroatoms. The van der Waals surface area contributed by atoms with Gasteiger partial charge in [-0.3, -0.25) is 4.79 Å². The number of carbonyl (C=O) groups excluding carboxylic acids is 2. The summed E-state index contributed by atoms with van der Waals surface area (Å²) in [5.41, 5.74) is 5.24. The molecule has 29 heavy (non-hydrogen) atoms. The number of piperazine rings is 1. The van der Waals surface area contributed by atoms with Crippen LogP contribution in [0.4, 0.5) is 10.5 Å². The van der Waals surface area contributed by atoms with Crippen LogP contribution in [-0.4, -0.2) is 52.2 Å². The fourth-order valence-electron chi connectivity index (χ4n) is 3.18. The lowest BCUT2D eigenvalue weighted by Gasteiger charge is -2.29. The highest BCUT2D eigenvalue weighted by molar-refractivity contribution is 7.90. The van der Waals surface area contributed by atoms with Crippen LogP contribution in [0.1, 0.15) is 39.5 Å². The standard InChI is InChI=1S/C19H30N4O5S/c1-19(2,28-18(20)25)10-4-3-5-17(24)22-29(26,27)16-8-6-15(7-9-16)23-13-11-21-12-14-23/h6-9,21H,3-5,10-14H2,1-2H3,(H2,20,25)(H,22,24). The van der Waals surface area contributed by atoms with Gasteiger partial charge in [-0.1, -0.05) is 0 Å². The average molecular weight is 427 g/mol. The summed E-state index contributed by atoms with van der Waals surface area (Å²) in [6, 6.07) is 6.53. The average Bonchev–Trinajstić information content (AvgIpc) is 2.65. The number of anilines is 1. The van der Waals surface area contributed by atoms with Crippen molar-refractivity contribution in [2.45, 2.75) is 50.0 Å². The summed E-state index contributed by atoms with van der Waals surface area (Å²) in [7, 11) is -3.90. The summed E-state index contributed by atoms with van der Waals surface area (Å²) in [5.74, 6) is -0.565. The van der Waals surface area contributed by atoms with Gasteiger partial charge in [-0.15, -0.1) is 0 Å². The Bertz CT molecular complexity index is 802. The maximum Gasteiger partial charge on any atom is 0.405 e. The second kappa shape index (κ2) is 9.93. The van der Waals surface area contributed by atoms with E-state index in [-0.39, 0.29) is 11.3 Å². The molecule has 0 bridgehead atoms. The number of benzene rings is 1. The number of hydrogen-bond donors (Lipinski definition) is 3. The minimum absolute atomic E-state index is 0.0562. The highest BCUT2D eigenvalue weighted by atomic mass is 32.2. The molecule has 1 saturated heterocycles. The summed E-state index contributed by atoms with van der Waals surface area (Å²) >= 11 is 0. The van der Waals surface area contributed by atoms with Gasteiger partial charge >= 0.3 is 6.09 Å². The van der Waals surface area contributed by atoms with Crippen LogP contribution >= 0.6 is 0 Å². The monoisotopic (exact) mass is 426 g/mol. The Morgan fingerprint density at radius 3 is 2.38 bits per heavy atom. The summed E-state index contributed by atoms with van der Waals surface area (Å²) in [6.07, 6.45) is 0.790. The van der Waals surface area contributed by atoms with Gasteiger partial charge in [0.15, 0.2) is 0 Å². The van der Waals surface area contributed by atoms with Crippen molar-refractivity contribution in [1.29, 1.82) is 0 Å². The molecule has 162 valence electrons. The molecular weight excluding hydrogens is 396 g/mol. The van der Waals surface area contributed by atoms with Gasteiger partial charge in [0.1, 0.15) is 5.60 Å². The number of primary amides is 1. The Kier molecular flexibility index (Phi) is 7.86. The molecule has 2 amide bonds. The number of nitrogens with two attached hydrogens (primary N) is 1. The normalized spacial score (nSPS) is 15.0. The molecule has 4 N–H and O–H groups in total. The zero-order chi connectivity index (χ0) is 21.5. The van der Waals surface area contributed by atoms with E-state index in [9.17, 15) is 18.0 Å². The molecule has 2 rings (SSSR count). The number of hydrogen-bond acceptors (Lipinski definition) is 7. The van der Waals surface area contributed by atoms with Crippen molar-refractivity contribution in [1.82, 2.24) is 10.0 Å². The van der Waals surface area contributed by atoms with E-state index in [1.165, 1.54) is 12.1 Å². The van der Waals surface area contributed by atoms with E-state index in [0.29, 0.717) is 19.3 Å². The molecule has 1 fully saturated rings. The van der Waals surface area contributed by atoms with Crippen LogP contribution in [-0.2, 0) is 19.6 Å². The van der Waals surface area contributed by atoms with Crippen LogP contribution < -0.4 is 20.7 Å². The van der Waals surface area contributed by atoms with Gasteiger partial charge in [-0.25, -0.2) is 17.9 Å². The Morgan fingerprint density at radius 2 is 1.79 bits per heavy atom. The number of sulfonamides is 1. The predicted molar refractivity (Wildman–Crippen MR) is 110 cm³/mol. The fraction of sp³-hybridized carbons (Fsp3) is 0.579. The van der Waals surface area contributed by atoms with Gasteiger partial charge in [0.2, 0.25) is 5.91 Å². The Hall–Kier alpha value is -2.33. The second-order valence-corrected chi connectivity index (χ2v) is 9.33. The van der Waals surface area contributed by atoms with Gasteiger partial charge in [0.25, 0.3) is 10.0 Å². The van der Waals surface area contributed by atoms with Crippen LogP contribution in [0.2, 0.25) is 0 Å². The highest BCUT2D eigenvalue weighted by Gasteiger charge is 2.22. The van der Waals surface area contributed by atoms with Gasteiger partial charge < -0.3 is 20.7 Å². The van der Waals surface area contributed by atoms with Crippen molar-refractivity contribution in [3.05, 3.63) is 24.3 Å². The molecule has 0 spiro atoms. The predicted octanol–water partition coefficient (Wildman–Crippen LogP) is 1.34. The first-order valence-electron chi connectivity index (χ1n) is 9.69. The quantitative estimate of drug-likeness (QED) is 0.508. The third kappa shape index (κ3) is 7.54. The molecular formula is C19H30N4O5S. The van der Waals surface area contributed by atoms with Gasteiger partial charge in [0.05, 0.1) is 4.90 Å². The highest BCUT2D eigenvalue weighted by Crippen LogP contribution is 2.20. The van der Waals surface area contributed by atoms with Crippen molar-refractivity contribution in [3.63, 3.8) is 0 Å². The SMILES string of the molecule is CC(C)(CCCCC(=O)NS(=O)(=O)c1ccc(N2CCNCC2)cc1)OC(N)=O. The lowest BCUT2D eigenvalue weighted by molar-refractivity contribution is -0.119. The number of nitrogens with one attached hydrogen (secondary N) is 2. The Labute approximate surface area is 172 Å². The molecule has 0 atom stereocenters. The number of unbranched alkanes of at least 4 members (excludes halogenated alkanes) is 1. The summed E-state index contributed by atoms with van der Waals surface area (Å²) in [4.78, 5) is 25.1. The van der Waals surface area contributed by atoms with Crippen LogP contribution in [0.3, 0.4) is 0 Å². The topological polar surface area (TPSA) is 131 Å². The zero-order valence-electron chi connectivity index (χ0n) is 16.9. The van der Waals surface area contributed by atoms with Crippen molar-refractivity contribution >= 4 is 27.7 Å². The molecule has 0 aliphatic carbocycles. The van der Waals surface area contributed by atoms with Crippen LogP contribution in [0.15, 0.2) is 29.2 Å². The van der Waals surface area contributed by atoms with Crippen molar-refractivity contribution < 1.29 is 22.7 Å². The van der Waals surface area contributed by atoms with Gasteiger partial charge in [-0.2, -0.15) is 0 Å². The number of carbonyl (C=O) groups is 2. The molecule has 1 aliphatic rings. The summed E-state index contributed by atoms with van der Waals surface area (Å²) in [5, 5.41) is 3.27. The van der Waals surface area contributed by atoms with Crippen LogP contribution in [0.25, 0.3) is 0 Å². The minimum Gasteiger partial charge on any atom is -0.444 e. The van der Waals surface area contributed by atoms with Crippen LogP contribution in [0, 0.1) is 0 Å². The maximum absolute atomic E-state index is 12.4. The molecule has 9 nitrogen and oxygen atoms in total. The molecule has 0 aromatic heterocycles. The Balaban J connectivity index is 1.82. The third-order valence-electron chi connectivity index (χ3n) is 4.69. The first kappa shape index (κ1) is 23.0. The van der Waals surface area contributed by atoms with E-state index in [1.807, 2.05) is 0 Å². The minimum atomic E-state index is -3.90. The van der Waals surface area contributed by atoms with E-state index in [4.69, 9.17) is 10.5 Å². The molecule has 1 aromatic carbocycles. The number of nitrogens with zero attached hydrogens (tertiary/aromatic N) is 1. The second-order valence-electron chi connectivity index (χ2n) is 7.65. The molecule has 0 saturated carbocycles. The lowest BCUT2D eigenvalue weighted by atomic mass is 10.0. The summed E-state index contributed by atoms with van der Waals surface area (Å²) < 4.78 is 31.9. The molecule has 1 heterocycles. The molecule has 1 aromatic rings. The first-order chi connectivity index (χ1) is 13.6. The lowest BCUT2D eigenvalue weighted by Crippen LogP contribution is -2.43. The molecule has 1 aliphatic heterocycles. The van der Waals surface area contributed by atoms with Crippen molar-refractivity contribution in [3.8, 4) is 0 Å². The largest absolute Gasteiger partial charge is 0.444 e. The van der Waals surface area contributed by atoms with E-state index in [0.717, 1.165) is 31.9 Å². The summed E-state index contributed by atoms with van der Waals surface area (Å²) in [6.45, 7) is 6.97. The molecule has 0 unspecified atom stereocenters. The van der Waals surface area contributed by atoms with E-state index < -0.39 is 27.6 Å². The van der Waals surface area contributed by atoms with Gasteiger partial charge in [0, 0.05) is 38.3 Å². The van der Waals surface area contributed by atoms with Crippen molar-refractivity contribution in [2.24, 2.45) is 5.73 Å². The number of amides is 2. The van der Waals surface area contributed by atoms with Gasteiger partial charge in [-0.05, 0) is 57.4 Å². The fourth-order valence-corrected chi connectivity index (χ4v) is 4.19. The van der Waals surface area contributed by atoms with E-state index >= 15 is 0 Å². The Morgan fingerprint density at radius 1 is 1.17 bits per heavy atom. The number of rotatable bonds is 9. The van der Waals surface area contributed by atoms with Crippen LogP contribution in [0.5, 0.6) is 0 Å². The van der Waals surface area contributed by atoms with E-state index in [1.54, 1.807) is 26.0 Å². The van der Waals surface area contributed by atoms with Crippen molar-refractivity contribution in [2.75, 3.05) is 31.1 Å². The molecule has 0 radical (unpaired) electrons. The third-order valence-corrected chi connectivity index (χ3v) is 6.08. The van der Waals surface area contributed by atoms with E-state index in [2.05, 4.69) is 14.9 Å². The first-order valence-corrected chi connectivity index (χ1v) is 11.2. The number of ether oxygens (including phenoxy) is 1.